The van der Waals surface area contributed by atoms with Crippen LogP contribution in [0.5, 0.6) is 11.5 Å². The maximum atomic E-state index is 13.7. The molecule has 3 aliphatic heterocycles. The zero-order valence-corrected chi connectivity index (χ0v) is 20.2. The van der Waals surface area contributed by atoms with Crippen molar-refractivity contribution in [3.05, 3.63) is 48.5 Å². The normalized spacial score (nSPS) is 22.1. The van der Waals surface area contributed by atoms with Crippen molar-refractivity contribution >= 4 is 29.1 Å². The van der Waals surface area contributed by atoms with Gasteiger partial charge >= 0.3 is 0 Å². The molecule has 35 heavy (non-hydrogen) atoms. The molecule has 0 bridgehead atoms. The van der Waals surface area contributed by atoms with E-state index in [1.165, 1.54) is 0 Å². The number of hydrogen-bond acceptors (Lipinski definition) is 6. The Bertz CT molecular complexity index is 1160. The van der Waals surface area contributed by atoms with Crippen LogP contribution < -0.4 is 19.7 Å². The average Bonchev–Trinajstić information content (AvgIpc) is 2.88. The van der Waals surface area contributed by atoms with E-state index >= 15 is 0 Å². The molecule has 2 atom stereocenters. The highest BCUT2D eigenvalue weighted by Crippen LogP contribution is 2.37. The van der Waals surface area contributed by atoms with Gasteiger partial charge in [-0.25, -0.2) is 0 Å². The lowest BCUT2D eigenvalue weighted by molar-refractivity contribution is -0.143. The first kappa shape index (κ1) is 23.2. The van der Waals surface area contributed by atoms with E-state index in [9.17, 15) is 14.4 Å². The number of benzene rings is 2. The predicted molar refractivity (Wildman–Crippen MR) is 131 cm³/mol. The van der Waals surface area contributed by atoms with Crippen LogP contribution in [0, 0.1) is 0 Å². The van der Waals surface area contributed by atoms with Gasteiger partial charge in [-0.15, -0.1) is 0 Å². The van der Waals surface area contributed by atoms with Crippen LogP contribution in [0.3, 0.4) is 0 Å². The Morgan fingerprint density at radius 1 is 1.00 bits per heavy atom. The van der Waals surface area contributed by atoms with Crippen molar-refractivity contribution in [1.29, 1.82) is 0 Å². The molecule has 0 aromatic heterocycles. The number of fused-ring (bicyclic) bond motifs is 2. The number of piperazine rings is 1. The number of nitrogens with zero attached hydrogens (tertiary/aromatic N) is 3. The maximum Gasteiger partial charge on any atom is 0.267 e. The van der Waals surface area contributed by atoms with E-state index in [1.54, 1.807) is 35.8 Å². The molecule has 0 spiro atoms. The molecule has 2 aromatic carbocycles. The Kier molecular flexibility index (Phi) is 5.88. The molecule has 2 aromatic rings. The molecule has 5 rings (SSSR count). The van der Waals surface area contributed by atoms with Gasteiger partial charge in [0.05, 0.1) is 17.4 Å². The largest absolute Gasteiger partial charge is 0.485 e. The van der Waals surface area contributed by atoms with Crippen LogP contribution in [0.25, 0.3) is 0 Å². The summed E-state index contributed by atoms with van der Waals surface area (Å²) in [6.07, 6.45) is -0.681. The molecular weight excluding hydrogens is 448 g/mol. The first-order valence-electron chi connectivity index (χ1n) is 11.9. The second-order valence-electron chi connectivity index (χ2n) is 9.61. The van der Waals surface area contributed by atoms with Crippen LogP contribution in [0.4, 0.5) is 11.4 Å². The monoisotopic (exact) mass is 478 g/mol. The van der Waals surface area contributed by atoms with Crippen molar-refractivity contribution in [2.45, 2.75) is 38.5 Å². The minimum atomic E-state index is -1.02. The van der Waals surface area contributed by atoms with Crippen LogP contribution in [-0.4, -0.2) is 78.0 Å². The van der Waals surface area contributed by atoms with Gasteiger partial charge in [0.15, 0.2) is 11.5 Å². The summed E-state index contributed by atoms with van der Waals surface area (Å²) in [5, 5.41) is 2.90. The molecule has 0 unspecified atom stereocenters. The molecule has 0 aliphatic carbocycles. The van der Waals surface area contributed by atoms with Gasteiger partial charge in [0.1, 0.15) is 12.1 Å². The Morgan fingerprint density at radius 3 is 2.40 bits per heavy atom. The van der Waals surface area contributed by atoms with Crippen molar-refractivity contribution in [2.24, 2.45) is 0 Å². The molecule has 3 heterocycles. The van der Waals surface area contributed by atoms with Crippen LogP contribution in [-0.2, 0) is 14.4 Å². The van der Waals surface area contributed by atoms with Crippen LogP contribution >= 0.6 is 0 Å². The Labute approximate surface area is 204 Å². The molecule has 3 aliphatic rings. The van der Waals surface area contributed by atoms with Crippen LogP contribution in [0.1, 0.15) is 20.8 Å². The number of rotatable bonds is 3. The minimum absolute atomic E-state index is 0.110. The van der Waals surface area contributed by atoms with E-state index in [0.29, 0.717) is 49.1 Å². The van der Waals surface area contributed by atoms with E-state index in [0.717, 1.165) is 0 Å². The first-order chi connectivity index (χ1) is 16.8. The number of carbonyl (C=O) groups is 3. The van der Waals surface area contributed by atoms with Gasteiger partial charge in [-0.1, -0.05) is 24.3 Å². The molecule has 184 valence electrons. The lowest BCUT2D eigenvalue weighted by atomic mass is 9.95. The first-order valence-corrected chi connectivity index (χ1v) is 11.9. The quantitative estimate of drug-likeness (QED) is 0.727. The number of carbonyl (C=O) groups excluding carboxylic acids is 3. The predicted octanol–water partition coefficient (Wildman–Crippen LogP) is 2.12. The highest BCUT2D eigenvalue weighted by molar-refractivity contribution is 6.15. The highest BCUT2D eigenvalue weighted by atomic mass is 16.6. The van der Waals surface area contributed by atoms with Gasteiger partial charge in [0, 0.05) is 26.2 Å². The van der Waals surface area contributed by atoms with Crippen molar-refractivity contribution in [3.8, 4) is 11.5 Å². The Hall–Kier alpha value is -3.59. The number of nitrogens with one attached hydrogen (secondary N) is 1. The highest BCUT2D eigenvalue weighted by Gasteiger charge is 2.46. The summed E-state index contributed by atoms with van der Waals surface area (Å²) in [5.74, 6) is 0.745. The molecule has 0 radical (unpaired) electrons. The van der Waals surface area contributed by atoms with E-state index in [1.807, 2.05) is 43.3 Å². The van der Waals surface area contributed by atoms with Crippen LogP contribution in [0.15, 0.2) is 48.5 Å². The van der Waals surface area contributed by atoms with Gasteiger partial charge in [-0.3, -0.25) is 24.2 Å². The SMILES string of the molecule is C[C@@H](C(=O)N1c2ccccc2NC(=O)C1(C)C)N1CCN(C(=O)[C@@H]2COc3ccccc3O2)CC1. The third kappa shape index (κ3) is 4.10. The third-order valence-electron chi connectivity index (χ3n) is 7.04. The zero-order chi connectivity index (χ0) is 24.7. The Morgan fingerprint density at radius 2 is 1.66 bits per heavy atom. The fourth-order valence-corrected chi connectivity index (χ4v) is 4.86. The number of para-hydroxylation sites is 4. The van der Waals surface area contributed by atoms with Gasteiger partial charge in [0.25, 0.3) is 5.91 Å². The fraction of sp³-hybridized carbons (Fsp3) is 0.423. The molecule has 3 amide bonds. The smallest absolute Gasteiger partial charge is 0.267 e. The molecular formula is C26H30N4O5. The third-order valence-corrected chi connectivity index (χ3v) is 7.04. The second kappa shape index (κ2) is 8.88. The molecule has 1 saturated heterocycles. The standard InChI is InChI=1S/C26H30N4O5/c1-17(23(31)30-19-9-5-4-8-18(19)27-25(33)26(30,2)3)28-12-14-29(15-13-28)24(32)22-16-34-20-10-6-7-11-21(20)35-22/h4-11,17,22H,12-16H2,1-3H3,(H,27,33)/t17-,22-/m0/s1. The molecule has 9 nitrogen and oxygen atoms in total. The summed E-state index contributed by atoms with van der Waals surface area (Å²) in [4.78, 5) is 44.9. The van der Waals surface area contributed by atoms with E-state index in [2.05, 4.69) is 10.2 Å². The molecule has 1 fully saturated rings. The van der Waals surface area contributed by atoms with Crippen molar-refractivity contribution < 1.29 is 23.9 Å². The second-order valence-corrected chi connectivity index (χ2v) is 9.61. The average molecular weight is 479 g/mol. The summed E-state index contributed by atoms with van der Waals surface area (Å²) in [7, 11) is 0. The molecule has 0 saturated carbocycles. The van der Waals surface area contributed by atoms with E-state index in [4.69, 9.17) is 9.47 Å². The number of hydrogen-bond donors (Lipinski definition) is 1. The topological polar surface area (TPSA) is 91.4 Å². The number of anilines is 2. The molecule has 9 heteroatoms. The van der Waals surface area contributed by atoms with E-state index < -0.39 is 17.7 Å². The van der Waals surface area contributed by atoms with Crippen molar-refractivity contribution in [2.75, 3.05) is 43.0 Å². The molecule has 1 N–H and O–H groups in total. The van der Waals surface area contributed by atoms with Gasteiger partial charge in [-0.05, 0) is 45.0 Å². The van der Waals surface area contributed by atoms with Crippen LogP contribution in [0.2, 0.25) is 0 Å². The zero-order valence-electron chi connectivity index (χ0n) is 20.2. The summed E-state index contributed by atoms with van der Waals surface area (Å²) >= 11 is 0. The lowest BCUT2D eigenvalue weighted by Crippen LogP contribution is -2.63. The summed E-state index contributed by atoms with van der Waals surface area (Å²) in [5.41, 5.74) is 0.299. The van der Waals surface area contributed by atoms with Gasteiger partial charge in [-0.2, -0.15) is 0 Å². The van der Waals surface area contributed by atoms with E-state index in [-0.39, 0.29) is 24.3 Å². The van der Waals surface area contributed by atoms with Crippen molar-refractivity contribution in [3.63, 3.8) is 0 Å². The van der Waals surface area contributed by atoms with Crippen molar-refractivity contribution in [1.82, 2.24) is 9.80 Å². The number of amides is 3. The lowest BCUT2D eigenvalue weighted by Gasteiger charge is -2.45. The Balaban J connectivity index is 1.24. The van der Waals surface area contributed by atoms with Gasteiger partial charge < -0.3 is 19.7 Å². The fourth-order valence-electron chi connectivity index (χ4n) is 4.86. The summed E-state index contributed by atoms with van der Waals surface area (Å²) < 4.78 is 11.6. The maximum absolute atomic E-state index is 13.7. The minimum Gasteiger partial charge on any atom is -0.485 e. The summed E-state index contributed by atoms with van der Waals surface area (Å²) in [6, 6.07) is 14.2. The summed E-state index contributed by atoms with van der Waals surface area (Å²) in [6.45, 7) is 7.61. The number of ether oxygens (including phenoxy) is 2. The van der Waals surface area contributed by atoms with Gasteiger partial charge in [0.2, 0.25) is 17.9 Å².